The van der Waals surface area contributed by atoms with Gasteiger partial charge in [-0.2, -0.15) is 0 Å². The molecule has 1 aromatic heterocycles. The Bertz CT molecular complexity index is 406. The molecule has 0 aliphatic carbocycles. The van der Waals surface area contributed by atoms with Gasteiger partial charge in [-0.1, -0.05) is 6.42 Å². The highest BCUT2D eigenvalue weighted by Crippen LogP contribution is 2.29. The smallest absolute Gasteiger partial charge is 0.195 e. The highest BCUT2D eigenvalue weighted by Gasteiger charge is 2.24. The molecule has 4 heteroatoms. The molecule has 4 nitrogen and oxygen atoms in total. The minimum Gasteiger partial charge on any atom is -0.444 e. The van der Waals surface area contributed by atoms with Crippen molar-refractivity contribution in [2.24, 2.45) is 5.73 Å². The summed E-state index contributed by atoms with van der Waals surface area (Å²) in [7, 11) is 0. The van der Waals surface area contributed by atoms with Gasteiger partial charge in [-0.25, -0.2) is 0 Å². The van der Waals surface area contributed by atoms with Gasteiger partial charge in [-0.15, -0.1) is 0 Å². The van der Waals surface area contributed by atoms with Crippen LogP contribution in [-0.4, -0.2) is 37.6 Å². The van der Waals surface area contributed by atoms with E-state index in [1.54, 1.807) is 0 Å². The van der Waals surface area contributed by atoms with E-state index in [2.05, 4.69) is 21.9 Å². The maximum Gasteiger partial charge on any atom is 0.195 e. The monoisotopic (exact) mass is 277 g/mol. The molecular weight excluding hydrogens is 250 g/mol. The number of anilines is 1. The van der Waals surface area contributed by atoms with Gasteiger partial charge in [0.2, 0.25) is 0 Å². The summed E-state index contributed by atoms with van der Waals surface area (Å²) < 4.78 is 6.13. The molecule has 2 saturated heterocycles. The minimum absolute atomic E-state index is 0.258. The zero-order chi connectivity index (χ0) is 13.8. The van der Waals surface area contributed by atoms with E-state index in [1.807, 2.05) is 0 Å². The average molecular weight is 277 g/mol. The third-order valence-electron chi connectivity index (χ3n) is 4.66. The zero-order valence-corrected chi connectivity index (χ0v) is 12.4. The van der Waals surface area contributed by atoms with Crippen molar-refractivity contribution in [3.05, 3.63) is 17.9 Å². The van der Waals surface area contributed by atoms with Crippen molar-refractivity contribution in [1.29, 1.82) is 0 Å². The Hall–Kier alpha value is -1.00. The van der Waals surface area contributed by atoms with Crippen LogP contribution in [0.4, 0.5) is 5.88 Å². The van der Waals surface area contributed by atoms with Crippen molar-refractivity contribution in [1.82, 2.24) is 4.90 Å². The van der Waals surface area contributed by atoms with Gasteiger partial charge < -0.3 is 15.1 Å². The summed E-state index contributed by atoms with van der Waals surface area (Å²) in [4.78, 5) is 4.86. The Labute approximate surface area is 121 Å². The molecule has 0 unspecified atom stereocenters. The number of hydrogen-bond donors (Lipinski definition) is 1. The molecule has 0 radical (unpaired) electrons. The fraction of sp³-hybridized carbons (Fsp3) is 0.750. The van der Waals surface area contributed by atoms with Crippen LogP contribution in [0.1, 0.15) is 50.3 Å². The van der Waals surface area contributed by atoms with Crippen molar-refractivity contribution in [3.8, 4) is 0 Å². The van der Waals surface area contributed by atoms with Crippen LogP contribution < -0.4 is 10.6 Å². The van der Waals surface area contributed by atoms with E-state index >= 15 is 0 Å². The summed E-state index contributed by atoms with van der Waals surface area (Å²) in [6, 6.07) is 4.53. The molecule has 0 bridgehead atoms. The number of nitrogens with two attached hydrogens (primary N) is 1. The predicted molar refractivity (Wildman–Crippen MR) is 82.0 cm³/mol. The molecule has 2 aliphatic heterocycles. The normalized spacial score (nSPS) is 22.9. The maximum absolute atomic E-state index is 6.13. The summed E-state index contributed by atoms with van der Waals surface area (Å²) in [5.74, 6) is 2.09. The summed E-state index contributed by atoms with van der Waals surface area (Å²) in [6.45, 7) is 5.21. The molecule has 0 aromatic carbocycles. The summed E-state index contributed by atoms with van der Waals surface area (Å²) in [6.07, 6.45) is 7.84. The lowest BCUT2D eigenvalue weighted by Crippen LogP contribution is -2.37. The molecule has 20 heavy (non-hydrogen) atoms. The van der Waals surface area contributed by atoms with E-state index < -0.39 is 0 Å². The molecule has 2 N–H and O–H groups in total. The minimum atomic E-state index is 0.258. The third-order valence-corrected chi connectivity index (χ3v) is 4.66. The van der Waals surface area contributed by atoms with Crippen molar-refractivity contribution in [3.63, 3.8) is 0 Å². The molecule has 0 amide bonds. The number of hydrogen-bond acceptors (Lipinski definition) is 4. The SMILES string of the molecule is NC[C@@H](c1ccc(N2CCCCC2)o1)N1CCCCC1. The second-order valence-electron chi connectivity index (χ2n) is 6.07. The van der Waals surface area contributed by atoms with E-state index in [1.165, 1.54) is 38.5 Å². The van der Waals surface area contributed by atoms with E-state index in [0.717, 1.165) is 37.8 Å². The van der Waals surface area contributed by atoms with Crippen molar-refractivity contribution >= 4 is 5.88 Å². The number of piperidine rings is 2. The molecule has 3 heterocycles. The second-order valence-corrected chi connectivity index (χ2v) is 6.07. The van der Waals surface area contributed by atoms with Gasteiger partial charge in [0.15, 0.2) is 5.88 Å². The first-order valence-corrected chi connectivity index (χ1v) is 8.17. The quantitative estimate of drug-likeness (QED) is 0.919. The van der Waals surface area contributed by atoms with E-state index in [9.17, 15) is 0 Å². The van der Waals surface area contributed by atoms with Crippen molar-refractivity contribution < 1.29 is 4.42 Å². The Balaban J connectivity index is 1.70. The van der Waals surface area contributed by atoms with Crippen LogP contribution in [0.2, 0.25) is 0 Å². The first-order chi connectivity index (χ1) is 9.88. The largest absolute Gasteiger partial charge is 0.444 e. The molecule has 1 aromatic rings. The van der Waals surface area contributed by atoms with Crippen LogP contribution in [0.3, 0.4) is 0 Å². The molecule has 2 aliphatic rings. The number of nitrogens with zero attached hydrogens (tertiary/aromatic N) is 2. The molecule has 1 atom stereocenters. The van der Waals surface area contributed by atoms with E-state index in [0.29, 0.717) is 6.54 Å². The molecule has 0 saturated carbocycles. The Kier molecular flexibility index (Phi) is 4.63. The molecule has 3 rings (SSSR count). The third kappa shape index (κ3) is 3.01. The second kappa shape index (κ2) is 6.64. The van der Waals surface area contributed by atoms with Crippen molar-refractivity contribution in [2.45, 2.75) is 44.6 Å². The summed E-state index contributed by atoms with van der Waals surface area (Å²) >= 11 is 0. The van der Waals surface area contributed by atoms with Crippen LogP contribution in [0.15, 0.2) is 16.5 Å². The van der Waals surface area contributed by atoms with Crippen LogP contribution >= 0.6 is 0 Å². The van der Waals surface area contributed by atoms with Gasteiger partial charge >= 0.3 is 0 Å². The maximum atomic E-state index is 6.13. The Morgan fingerprint density at radius 2 is 1.60 bits per heavy atom. The topological polar surface area (TPSA) is 45.6 Å². The highest BCUT2D eigenvalue weighted by atomic mass is 16.4. The number of likely N-dealkylation sites (tertiary alicyclic amines) is 1. The first-order valence-electron chi connectivity index (χ1n) is 8.17. The summed E-state index contributed by atoms with van der Waals surface area (Å²) in [5, 5.41) is 0. The lowest BCUT2D eigenvalue weighted by molar-refractivity contribution is 0.150. The van der Waals surface area contributed by atoms with Crippen LogP contribution in [0.25, 0.3) is 0 Å². The first kappa shape index (κ1) is 14.0. The highest BCUT2D eigenvalue weighted by molar-refractivity contribution is 5.37. The lowest BCUT2D eigenvalue weighted by atomic mass is 10.1. The summed E-state index contributed by atoms with van der Waals surface area (Å²) in [5.41, 5.74) is 6.01. The number of rotatable bonds is 4. The molecule has 112 valence electrons. The van der Waals surface area contributed by atoms with Gasteiger partial charge in [0.25, 0.3) is 0 Å². The van der Waals surface area contributed by atoms with Gasteiger partial charge in [-0.3, -0.25) is 4.90 Å². The van der Waals surface area contributed by atoms with Crippen LogP contribution in [0.5, 0.6) is 0 Å². The Morgan fingerprint density at radius 3 is 2.25 bits per heavy atom. The van der Waals surface area contributed by atoms with Gasteiger partial charge in [0, 0.05) is 25.7 Å². The van der Waals surface area contributed by atoms with Crippen molar-refractivity contribution in [2.75, 3.05) is 37.6 Å². The fourth-order valence-corrected chi connectivity index (χ4v) is 3.48. The zero-order valence-electron chi connectivity index (χ0n) is 12.4. The lowest BCUT2D eigenvalue weighted by Gasteiger charge is -2.32. The van der Waals surface area contributed by atoms with Crippen LogP contribution in [0, 0.1) is 0 Å². The predicted octanol–water partition coefficient (Wildman–Crippen LogP) is 2.76. The van der Waals surface area contributed by atoms with Gasteiger partial charge in [0.1, 0.15) is 5.76 Å². The molecule has 2 fully saturated rings. The molecule has 0 spiro atoms. The molecular formula is C16H27N3O. The average Bonchev–Trinajstić information content (AvgIpc) is 3.00. The van der Waals surface area contributed by atoms with E-state index in [4.69, 9.17) is 10.2 Å². The van der Waals surface area contributed by atoms with Crippen LogP contribution in [-0.2, 0) is 0 Å². The van der Waals surface area contributed by atoms with E-state index in [-0.39, 0.29) is 6.04 Å². The standard InChI is InChI=1S/C16H27N3O/c17-13-14(18-9-3-1-4-10-18)15-7-8-16(20-15)19-11-5-2-6-12-19/h7-8,14H,1-6,9-13,17H2/t14-/m0/s1. The Morgan fingerprint density at radius 1 is 0.950 bits per heavy atom. The fourth-order valence-electron chi connectivity index (χ4n) is 3.48. The van der Waals surface area contributed by atoms with Gasteiger partial charge in [0.05, 0.1) is 6.04 Å². The number of furan rings is 1. The van der Waals surface area contributed by atoms with Gasteiger partial charge in [-0.05, 0) is 51.3 Å².